The molecule has 34 heavy (non-hydrogen) atoms. The van der Waals surface area contributed by atoms with E-state index < -0.39 is 11.9 Å². The average Bonchev–Trinajstić information content (AvgIpc) is 3.30. The maximum absolute atomic E-state index is 14.2. The van der Waals surface area contributed by atoms with Crippen molar-refractivity contribution in [1.82, 2.24) is 20.4 Å². The van der Waals surface area contributed by atoms with Gasteiger partial charge < -0.3 is 19.3 Å². The third-order valence-corrected chi connectivity index (χ3v) is 6.05. The van der Waals surface area contributed by atoms with E-state index in [9.17, 15) is 9.18 Å². The molecule has 1 aliphatic heterocycles. The highest BCUT2D eigenvalue weighted by molar-refractivity contribution is 5.87. The lowest BCUT2D eigenvalue weighted by Crippen LogP contribution is -2.47. The lowest BCUT2D eigenvalue weighted by molar-refractivity contribution is 0.158. The first-order valence-corrected chi connectivity index (χ1v) is 10.9. The molecular formula is C25H27FN4O4. The molecule has 1 N–H and O–H groups in total. The summed E-state index contributed by atoms with van der Waals surface area (Å²) >= 11 is 0. The molecule has 2 amide bonds. The zero-order valence-electron chi connectivity index (χ0n) is 19.8. The SMILES string of the molecule is COCCN1C(=O)NC(c2ccc(C)c(C)c2)C(c2nc(-c3ccc(OC)c(F)c3)no2)=C1C. The van der Waals surface area contributed by atoms with Crippen LogP contribution in [0.4, 0.5) is 9.18 Å². The van der Waals surface area contributed by atoms with Gasteiger partial charge in [0.05, 0.1) is 31.9 Å². The molecule has 0 spiro atoms. The number of allylic oxidation sites excluding steroid dienone is 1. The van der Waals surface area contributed by atoms with Gasteiger partial charge in [-0.25, -0.2) is 9.18 Å². The van der Waals surface area contributed by atoms with Gasteiger partial charge in [0.25, 0.3) is 5.89 Å². The Balaban J connectivity index is 1.80. The van der Waals surface area contributed by atoms with E-state index in [1.165, 1.54) is 19.2 Å². The van der Waals surface area contributed by atoms with Gasteiger partial charge >= 0.3 is 6.03 Å². The first-order valence-electron chi connectivity index (χ1n) is 10.9. The van der Waals surface area contributed by atoms with Gasteiger partial charge in [-0.1, -0.05) is 23.4 Å². The smallest absolute Gasteiger partial charge is 0.322 e. The van der Waals surface area contributed by atoms with Gasteiger partial charge in [0.2, 0.25) is 5.82 Å². The summed E-state index contributed by atoms with van der Waals surface area (Å²) < 4.78 is 30.0. The quantitative estimate of drug-likeness (QED) is 0.545. The highest BCUT2D eigenvalue weighted by Gasteiger charge is 2.35. The van der Waals surface area contributed by atoms with E-state index in [0.29, 0.717) is 30.0 Å². The van der Waals surface area contributed by atoms with Crippen molar-refractivity contribution < 1.29 is 23.2 Å². The molecule has 0 fully saturated rings. The van der Waals surface area contributed by atoms with Crippen molar-refractivity contribution in [1.29, 1.82) is 0 Å². The number of benzene rings is 2. The second-order valence-corrected chi connectivity index (χ2v) is 8.14. The fourth-order valence-corrected chi connectivity index (χ4v) is 3.96. The fourth-order valence-electron chi connectivity index (χ4n) is 3.96. The Bertz CT molecular complexity index is 1250. The molecule has 4 rings (SSSR count). The molecule has 8 nitrogen and oxygen atoms in total. The second kappa shape index (κ2) is 9.64. The van der Waals surface area contributed by atoms with Crippen LogP contribution in [0.5, 0.6) is 5.75 Å². The fraction of sp³-hybridized carbons (Fsp3) is 0.320. The molecule has 0 saturated heterocycles. The Morgan fingerprint density at radius 3 is 2.59 bits per heavy atom. The Kier molecular flexibility index (Phi) is 6.65. The molecule has 1 aliphatic rings. The standard InChI is InChI=1S/C25H27FN4O4/c1-14-6-7-17(12-15(14)2)22-21(16(3)30(10-11-32-4)25(31)27-22)24-28-23(29-34-24)18-8-9-20(33-5)19(26)13-18/h6-9,12-13,22H,10-11H2,1-5H3,(H,27,31). The highest BCUT2D eigenvalue weighted by atomic mass is 19.1. The van der Waals surface area contributed by atoms with Crippen molar-refractivity contribution in [3.05, 3.63) is 70.5 Å². The largest absolute Gasteiger partial charge is 0.494 e. The summed E-state index contributed by atoms with van der Waals surface area (Å²) in [5.41, 5.74) is 4.95. The predicted molar refractivity (Wildman–Crippen MR) is 125 cm³/mol. The molecule has 1 unspecified atom stereocenters. The van der Waals surface area contributed by atoms with Crippen molar-refractivity contribution in [2.45, 2.75) is 26.8 Å². The van der Waals surface area contributed by atoms with Crippen LogP contribution < -0.4 is 10.1 Å². The molecule has 1 atom stereocenters. The van der Waals surface area contributed by atoms with Gasteiger partial charge in [-0.3, -0.25) is 4.90 Å². The zero-order chi connectivity index (χ0) is 24.4. The Hall–Kier alpha value is -3.72. The molecule has 2 aromatic carbocycles. The van der Waals surface area contributed by atoms with Crippen LogP contribution in [0.25, 0.3) is 17.0 Å². The van der Waals surface area contributed by atoms with E-state index in [1.54, 1.807) is 18.1 Å². The summed E-state index contributed by atoms with van der Waals surface area (Å²) in [7, 11) is 2.98. The minimum atomic E-state index is -0.523. The first kappa shape index (κ1) is 23.4. The van der Waals surface area contributed by atoms with Crippen LogP contribution in [-0.4, -0.2) is 48.4 Å². The number of aromatic nitrogens is 2. The van der Waals surface area contributed by atoms with E-state index in [-0.39, 0.29) is 23.5 Å². The molecular weight excluding hydrogens is 439 g/mol. The number of carbonyl (C=O) groups excluding carboxylic acids is 1. The number of hydrogen-bond acceptors (Lipinski definition) is 6. The van der Waals surface area contributed by atoms with E-state index in [1.807, 2.05) is 39.0 Å². The first-order chi connectivity index (χ1) is 16.3. The molecule has 0 radical (unpaired) electrons. The third kappa shape index (κ3) is 4.38. The van der Waals surface area contributed by atoms with Crippen LogP contribution in [0, 0.1) is 19.7 Å². The lowest BCUT2D eigenvalue weighted by atomic mass is 9.92. The minimum absolute atomic E-state index is 0.129. The number of methoxy groups -OCH3 is 2. The summed E-state index contributed by atoms with van der Waals surface area (Å²) in [5.74, 6) is 0.0837. The van der Waals surface area contributed by atoms with Crippen LogP contribution in [0.15, 0.2) is 46.6 Å². The molecule has 3 aromatic rings. The van der Waals surface area contributed by atoms with Gasteiger partial charge in [0.15, 0.2) is 11.6 Å². The van der Waals surface area contributed by atoms with Gasteiger partial charge in [-0.2, -0.15) is 4.98 Å². The lowest BCUT2D eigenvalue weighted by Gasteiger charge is -2.35. The van der Waals surface area contributed by atoms with Crippen LogP contribution in [0.1, 0.15) is 35.5 Å². The van der Waals surface area contributed by atoms with Crippen LogP contribution in [-0.2, 0) is 4.74 Å². The second-order valence-electron chi connectivity index (χ2n) is 8.14. The van der Waals surface area contributed by atoms with Gasteiger partial charge in [-0.05, 0) is 55.7 Å². The number of carbonyl (C=O) groups is 1. The topological polar surface area (TPSA) is 89.7 Å². The van der Waals surface area contributed by atoms with E-state index in [4.69, 9.17) is 14.0 Å². The van der Waals surface area contributed by atoms with Crippen LogP contribution in [0.3, 0.4) is 0 Å². The van der Waals surface area contributed by atoms with Crippen molar-refractivity contribution >= 4 is 11.6 Å². The summed E-state index contributed by atoms with van der Waals surface area (Å²) in [4.78, 5) is 19.1. The summed E-state index contributed by atoms with van der Waals surface area (Å²) in [5, 5.41) is 7.13. The molecule has 1 aromatic heterocycles. The molecule has 0 aliphatic carbocycles. The van der Waals surface area contributed by atoms with E-state index in [2.05, 4.69) is 15.5 Å². The molecule has 0 bridgehead atoms. The Morgan fingerprint density at radius 2 is 1.91 bits per heavy atom. The van der Waals surface area contributed by atoms with Gasteiger partial charge in [-0.15, -0.1) is 0 Å². The maximum Gasteiger partial charge on any atom is 0.322 e. The highest BCUT2D eigenvalue weighted by Crippen LogP contribution is 2.38. The van der Waals surface area contributed by atoms with Crippen molar-refractivity contribution in [3.8, 4) is 17.1 Å². The summed E-state index contributed by atoms with van der Waals surface area (Å²) in [6.07, 6.45) is 0. The minimum Gasteiger partial charge on any atom is -0.494 e. The van der Waals surface area contributed by atoms with Crippen molar-refractivity contribution in [2.24, 2.45) is 0 Å². The maximum atomic E-state index is 14.2. The number of amides is 2. The Labute approximate surface area is 197 Å². The number of nitrogens with one attached hydrogen (secondary N) is 1. The average molecular weight is 467 g/mol. The van der Waals surface area contributed by atoms with Crippen LogP contribution >= 0.6 is 0 Å². The number of halogens is 1. The number of rotatable bonds is 7. The number of nitrogens with zero attached hydrogens (tertiary/aromatic N) is 3. The monoisotopic (exact) mass is 466 g/mol. The normalized spacial score (nSPS) is 16.1. The Morgan fingerprint density at radius 1 is 1.12 bits per heavy atom. The van der Waals surface area contributed by atoms with Crippen LogP contribution in [0.2, 0.25) is 0 Å². The number of ether oxygens (including phenoxy) is 2. The third-order valence-electron chi connectivity index (χ3n) is 6.05. The predicted octanol–water partition coefficient (Wildman–Crippen LogP) is 4.65. The van der Waals surface area contributed by atoms with Gasteiger partial charge in [0, 0.05) is 18.4 Å². The van der Waals surface area contributed by atoms with E-state index >= 15 is 0 Å². The number of hydrogen-bond donors (Lipinski definition) is 1. The van der Waals surface area contributed by atoms with Crippen molar-refractivity contribution in [3.63, 3.8) is 0 Å². The van der Waals surface area contributed by atoms with E-state index in [0.717, 1.165) is 16.7 Å². The van der Waals surface area contributed by atoms with Crippen molar-refractivity contribution in [2.75, 3.05) is 27.4 Å². The summed E-state index contributed by atoms with van der Waals surface area (Å²) in [6.45, 7) is 6.63. The zero-order valence-corrected chi connectivity index (χ0v) is 19.8. The molecule has 2 heterocycles. The molecule has 0 saturated carbocycles. The molecule has 9 heteroatoms. The summed E-state index contributed by atoms with van der Waals surface area (Å²) in [6, 6.07) is 9.76. The number of urea groups is 1. The molecule has 178 valence electrons. The number of aryl methyl sites for hydroxylation is 2. The van der Waals surface area contributed by atoms with Gasteiger partial charge in [0.1, 0.15) is 0 Å².